The quantitative estimate of drug-likeness (QED) is 0.416. The fourth-order valence-corrected chi connectivity index (χ4v) is 1.56. The fourth-order valence-electron chi connectivity index (χ4n) is 1.06. The lowest BCUT2D eigenvalue weighted by molar-refractivity contribution is -0.139. The minimum absolute atomic E-state index is 0.218. The molecule has 0 aliphatic heterocycles. The molecule has 0 radical (unpaired) electrons. The molecule has 0 bridgehead atoms. The first-order chi connectivity index (χ1) is 9.07. The highest BCUT2D eigenvalue weighted by Gasteiger charge is 2.11. The molecular formula is C11H15NO7S. The van der Waals surface area contributed by atoms with Gasteiger partial charge in [0.25, 0.3) is 10.1 Å². The molecule has 0 spiro atoms. The molecule has 8 nitrogen and oxygen atoms in total. The highest BCUT2D eigenvalue weighted by Crippen LogP contribution is 2.24. The molecule has 1 aromatic rings. The molecule has 1 aromatic carbocycles. The van der Waals surface area contributed by atoms with Crippen molar-refractivity contribution in [1.29, 1.82) is 0 Å². The average Bonchev–Trinajstić information content (AvgIpc) is 2.26. The van der Waals surface area contributed by atoms with E-state index in [1.54, 1.807) is 0 Å². The van der Waals surface area contributed by atoms with Crippen LogP contribution in [-0.4, -0.2) is 36.9 Å². The van der Waals surface area contributed by atoms with E-state index in [1.165, 1.54) is 26.2 Å². The van der Waals surface area contributed by atoms with Crippen LogP contribution in [0.15, 0.2) is 23.1 Å². The van der Waals surface area contributed by atoms with Crippen molar-refractivity contribution in [2.24, 2.45) is 0 Å². The summed E-state index contributed by atoms with van der Waals surface area (Å²) in [5.41, 5.74) is 5.76. The average molecular weight is 305 g/mol. The number of carbonyl (C=O) groups is 2. The Balaban J connectivity index is 0.000000441. The van der Waals surface area contributed by atoms with E-state index < -0.39 is 16.1 Å². The zero-order valence-electron chi connectivity index (χ0n) is 10.9. The number of nitrogen functional groups attached to an aromatic ring is 1. The summed E-state index contributed by atoms with van der Waals surface area (Å²) >= 11 is 0. The molecule has 20 heavy (non-hydrogen) atoms. The second kappa shape index (κ2) is 7.46. The molecule has 0 aliphatic rings. The van der Waals surface area contributed by atoms with Gasteiger partial charge in [-0.3, -0.25) is 14.1 Å². The molecule has 0 aliphatic carbocycles. The maximum absolute atomic E-state index is 10.7. The van der Waals surface area contributed by atoms with Gasteiger partial charge < -0.3 is 15.6 Å². The van der Waals surface area contributed by atoms with Crippen molar-refractivity contribution in [3.05, 3.63) is 18.2 Å². The summed E-state index contributed by atoms with van der Waals surface area (Å²) in [6.07, 6.45) is -0.361. The van der Waals surface area contributed by atoms with Gasteiger partial charge in [0.2, 0.25) is 0 Å². The smallest absolute Gasteiger partial charge is 0.310 e. The number of rotatable bonds is 4. The highest BCUT2D eigenvalue weighted by molar-refractivity contribution is 7.85. The highest BCUT2D eigenvalue weighted by atomic mass is 32.2. The number of hydrogen-bond acceptors (Lipinski definition) is 6. The van der Waals surface area contributed by atoms with Crippen molar-refractivity contribution in [3.63, 3.8) is 0 Å². The Morgan fingerprint density at radius 2 is 1.90 bits per heavy atom. The van der Waals surface area contributed by atoms with Crippen molar-refractivity contribution >= 4 is 27.6 Å². The predicted molar refractivity (Wildman–Crippen MR) is 70.2 cm³/mol. The maximum atomic E-state index is 10.7. The summed E-state index contributed by atoms with van der Waals surface area (Å²) in [7, 11) is -2.83. The van der Waals surface area contributed by atoms with Crippen LogP contribution in [-0.2, 0) is 19.7 Å². The first-order valence-corrected chi connectivity index (χ1v) is 6.64. The van der Waals surface area contributed by atoms with Crippen molar-refractivity contribution in [2.75, 3.05) is 12.8 Å². The number of benzene rings is 1. The number of ketones is 1. The van der Waals surface area contributed by atoms with Gasteiger partial charge in [0.1, 0.15) is 18.0 Å². The van der Waals surface area contributed by atoms with E-state index in [-0.39, 0.29) is 22.8 Å². The molecule has 0 unspecified atom stereocenters. The Morgan fingerprint density at radius 1 is 1.35 bits per heavy atom. The standard InChI is InChI=1S/C7H9NO4S.C4H6O3/c1-12-7-4-5(13(9,10)11)2-3-6(7)8;1-3(5)2-4(6)7/h2-4H,8H2,1H3,(H,9,10,11);2H2,1H3,(H,6,7). The van der Waals surface area contributed by atoms with Crippen LogP contribution < -0.4 is 10.5 Å². The molecule has 0 saturated heterocycles. The Kier molecular flexibility index (Phi) is 6.66. The van der Waals surface area contributed by atoms with Crippen LogP contribution in [0.5, 0.6) is 5.75 Å². The van der Waals surface area contributed by atoms with Crippen LogP contribution in [0.2, 0.25) is 0 Å². The lowest BCUT2D eigenvalue weighted by Crippen LogP contribution is -2.00. The molecule has 0 saturated carbocycles. The Morgan fingerprint density at radius 3 is 2.20 bits per heavy atom. The summed E-state index contributed by atoms with van der Waals surface area (Å²) < 4.78 is 34.8. The van der Waals surface area contributed by atoms with Crippen LogP contribution >= 0.6 is 0 Å². The minimum atomic E-state index is -4.19. The topological polar surface area (TPSA) is 144 Å². The van der Waals surface area contributed by atoms with Gasteiger partial charge in [0, 0.05) is 6.07 Å². The number of nitrogens with two attached hydrogens (primary N) is 1. The Bertz CT molecular complexity index is 583. The largest absolute Gasteiger partial charge is 0.495 e. The van der Waals surface area contributed by atoms with Crippen molar-refractivity contribution < 1.29 is 32.4 Å². The van der Waals surface area contributed by atoms with E-state index >= 15 is 0 Å². The van der Waals surface area contributed by atoms with Crippen LogP contribution in [0.1, 0.15) is 13.3 Å². The normalized spacial score (nSPS) is 10.2. The Hall–Kier alpha value is -2.13. The van der Waals surface area contributed by atoms with Crippen LogP contribution in [0.3, 0.4) is 0 Å². The lowest BCUT2D eigenvalue weighted by Gasteiger charge is -2.04. The van der Waals surface area contributed by atoms with Gasteiger partial charge in [-0.15, -0.1) is 0 Å². The minimum Gasteiger partial charge on any atom is -0.495 e. The van der Waals surface area contributed by atoms with E-state index in [0.717, 1.165) is 6.07 Å². The summed E-state index contributed by atoms with van der Waals surface area (Å²) in [5.74, 6) is -1.16. The molecule has 0 heterocycles. The third-order valence-electron chi connectivity index (χ3n) is 1.90. The third kappa shape index (κ3) is 6.71. The summed E-state index contributed by atoms with van der Waals surface area (Å²) in [6, 6.07) is 3.71. The second-order valence-electron chi connectivity index (χ2n) is 3.65. The van der Waals surface area contributed by atoms with Gasteiger partial charge in [0.15, 0.2) is 0 Å². The third-order valence-corrected chi connectivity index (χ3v) is 2.75. The first-order valence-electron chi connectivity index (χ1n) is 5.20. The number of carboxylic acids is 1. The number of hydrogen-bond donors (Lipinski definition) is 3. The maximum Gasteiger partial charge on any atom is 0.310 e. The van der Waals surface area contributed by atoms with Gasteiger partial charge in [-0.25, -0.2) is 0 Å². The zero-order valence-corrected chi connectivity index (χ0v) is 11.7. The number of methoxy groups -OCH3 is 1. The van der Waals surface area contributed by atoms with Gasteiger partial charge in [-0.1, -0.05) is 0 Å². The van der Waals surface area contributed by atoms with Gasteiger partial charge in [-0.05, 0) is 19.1 Å². The monoisotopic (exact) mass is 305 g/mol. The van der Waals surface area contributed by atoms with Gasteiger partial charge >= 0.3 is 5.97 Å². The number of carbonyl (C=O) groups excluding carboxylic acids is 1. The van der Waals surface area contributed by atoms with Crippen molar-refractivity contribution in [1.82, 2.24) is 0 Å². The molecule has 0 amide bonds. The van der Waals surface area contributed by atoms with E-state index in [9.17, 15) is 18.0 Å². The number of carboxylic acid groups (broad SMARTS) is 1. The van der Waals surface area contributed by atoms with Crippen molar-refractivity contribution in [3.8, 4) is 5.75 Å². The SMILES string of the molecule is CC(=O)CC(=O)O.COc1cc(S(=O)(=O)O)ccc1N. The Labute approximate surface area is 115 Å². The summed E-state index contributed by atoms with van der Waals surface area (Å²) in [4.78, 5) is 19.2. The molecular weight excluding hydrogens is 290 g/mol. The van der Waals surface area contributed by atoms with Crippen LogP contribution in [0, 0.1) is 0 Å². The van der Waals surface area contributed by atoms with Gasteiger partial charge in [0.05, 0.1) is 17.7 Å². The van der Waals surface area contributed by atoms with Crippen LogP contribution in [0.4, 0.5) is 5.69 Å². The molecule has 112 valence electrons. The van der Waals surface area contributed by atoms with Crippen molar-refractivity contribution in [2.45, 2.75) is 18.2 Å². The predicted octanol–water partition coefficient (Wildman–Crippen LogP) is 0.574. The van der Waals surface area contributed by atoms with Gasteiger partial charge in [-0.2, -0.15) is 8.42 Å². The number of Topliss-reactive ketones (excluding diaryl/α,β-unsaturated/α-hetero) is 1. The zero-order chi connectivity index (χ0) is 15.9. The van der Waals surface area contributed by atoms with Crippen LogP contribution in [0.25, 0.3) is 0 Å². The van der Waals surface area contributed by atoms with E-state index in [4.69, 9.17) is 20.1 Å². The summed E-state index contributed by atoms with van der Waals surface area (Å²) in [6.45, 7) is 1.24. The lowest BCUT2D eigenvalue weighted by atomic mass is 10.3. The van der Waals surface area contributed by atoms with E-state index in [1.807, 2.05) is 0 Å². The molecule has 0 aromatic heterocycles. The molecule has 9 heteroatoms. The van der Waals surface area contributed by atoms with E-state index in [0.29, 0.717) is 5.69 Å². The van der Waals surface area contributed by atoms with E-state index in [2.05, 4.69) is 0 Å². The molecule has 0 fully saturated rings. The molecule has 4 N–H and O–H groups in total. The molecule has 0 atom stereocenters. The summed E-state index contributed by atoms with van der Waals surface area (Å²) in [5, 5.41) is 7.86. The number of anilines is 1. The molecule has 1 rings (SSSR count). The fraction of sp³-hybridized carbons (Fsp3) is 0.273. The second-order valence-corrected chi connectivity index (χ2v) is 5.07. The number of ether oxygens (including phenoxy) is 1. The number of aliphatic carboxylic acids is 1. The first kappa shape index (κ1) is 17.9.